The molecule has 0 saturated carbocycles. The molecule has 1 aliphatic rings. The molecule has 15 heavy (non-hydrogen) atoms. The standard InChI is InChI=1S/C11H12O4/c1-13-10(12)6-8-2-4-9(5-3-8)15-11-7-14-11/h2-5,11H,6-7H2,1H3/t11-/m0/s1. The Kier molecular flexibility index (Phi) is 2.87. The third-order valence-electron chi connectivity index (χ3n) is 2.07. The molecule has 0 bridgehead atoms. The fourth-order valence-electron chi connectivity index (χ4n) is 1.18. The maximum atomic E-state index is 11.0. The maximum Gasteiger partial charge on any atom is 0.309 e. The molecule has 0 N–H and O–H groups in total. The highest BCUT2D eigenvalue weighted by molar-refractivity contribution is 5.72. The summed E-state index contributed by atoms with van der Waals surface area (Å²) in [6.07, 6.45) is 0.202. The van der Waals surface area contributed by atoms with Crippen molar-refractivity contribution in [3.8, 4) is 5.75 Å². The molecule has 0 aliphatic carbocycles. The van der Waals surface area contributed by atoms with E-state index in [0.717, 1.165) is 11.3 Å². The average Bonchev–Trinajstić information content (AvgIpc) is 3.05. The van der Waals surface area contributed by atoms with Gasteiger partial charge in [-0.3, -0.25) is 4.79 Å². The predicted octanol–water partition coefficient (Wildman–Crippen LogP) is 1.14. The lowest BCUT2D eigenvalue weighted by Crippen LogP contribution is -2.04. The van der Waals surface area contributed by atoms with E-state index in [4.69, 9.17) is 9.47 Å². The summed E-state index contributed by atoms with van der Waals surface area (Å²) in [7, 11) is 1.38. The molecule has 80 valence electrons. The molecular formula is C11H12O4. The average molecular weight is 208 g/mol. The second kappa shape index (κ2) is 4.31. The van der Waals surface area contributed by atoms with Crippen LogP contribution in [0.5, 0.6) is 5.75 Å². The summed E-state index contributed by atoms with van der Waals surface area (Å²) in [6.45, 7) is 0.657. The minimum absolute atomic E-state index is 0.0866. The molecule has 0 aromatic heterocycles. The zero-order valence-electron chi connectivity index (χ0n) is 8.43. The first-order valence-electron chi connectivity index (χ1n) is 4.72. The largest absolute Gasteiger partial charge is 0.469 e. The van der Waals surface area contributed by atoms with Crippen LogP contribution < -0.4 is 4.74 Å². The molecule has 0 unspecified atom stereocenters. The molecule has 4 heteroatoms. The minimum Gasteiger partial charge on any atom is -0.469 e. The van der Waals surface area contributed by atoms with Gasteiger partial charge in [-0.25, -0.2) is 0 Å². The quantitative estimate of drug-likeness (QED) is 0.550. The Bertz CT molecular complexity index is 340. The molecule has 1 fully saturated rings. The summed E-state index contributed by atoms with van der Waals surface area (Å²) in [5.41, 5.74) is 0.908. The van der Waals surface area contributed by atoms with Gasteiger partial charge < -0.3 is 14.2 Å². The summed E-state index contributed by atoms with van der Waals surface area (Å²) in [5, 5.41) is 0. The zero-order chi connectivity index (χ0) is 10.7. The molecule has 1 atom stereocenters. The minimum atomic E-state index is -0.241. The van der Waals surface area contributed by atoms with E-state index in [1.54, 1.807) is 0 Å². The zero-order valence-corrected chi connectivity index (χ0v) is 8.43. The van der Waals surface area contributed by atoms with Gasteiger partial charge in [0.25, 0.3) is 0 Å². The SMILES string of the molecule is COC(=O)Cc1ccc(O[C@H]2CO2)cc1. The van der Waals surface area contributed by atoms with Crippen LogP contribution in [0.4, 0.5) is 0 Å². The van der Waals surface area contributed by atoms with E-state index in [1.807, 2.05) is 24.3 Å². The number of rotatable bonds is 4. The second-order valence-corrected chi connectivity index (χ2v) is 3.28. The van der Waals surface area contributed by atoms with Crippen molar-refractivity contribution >= 4 is 5.97 Å². The van der Waals surface area contributed by atoms with Crippen molar-refractivity contribution < 1.29 is 19.0 Å². The molecule has 1 aliphatic heterocycles. The van der Waals surface area contributed by atoms with Crippen molar-refractivity contribution in [3.63, 3.8) is 0 Å². The van der Waals surface area contributed by atoms with Crippen LogP contribution in [0.2, 0.25) is 0 Å². The summed E-state index contributed by atoms with van der Waals surface area (Å²) in [6, 6.07) is 7.32. The summed E-state index contributed by atoms with van der Waals surface area (Å²) < 4.78 is 14.9. The predicted molar refractivity (Wildman–Crippen MR) is 52.5 cm³/mol. The van der Waals surface area contributed by atoms with E-state index < -0.39 is 0 Å². The van der Waals surface area contributed by atoms with Gasteiger partial charge in [-0.05, 0) is 17.7 Å². The lowest BCUT2D eigenvalue weighted by atomic mass is 10.1. The molecule has 4 nitrogen and oxygen atoms in total. The van der Waals surface area contributed by atoms with Gasteiger partial charge in [0.05, 0.1) is 13.5 Å². The van der Waals surface area contributed by atoms with Crippen LogP contribution >= 0.6 is 0 Å². The molecule has 1 heterocycles. The summed E-state index contributed by atoms with van der Waals surface area (Å²) in [5.74, 6) is 0.514. The van der Waals surface area contributed by atoms with Gasteiger partial charge in [-0.15, -0.1) is 0 Å². The van der Waals surface area contributed by atoms with E-state index in [-0.39, 0.29) is 18.7 Å². The van der Waals surface area contributed by atoms with Gasteiger partial charge in [0.1, 0.15) is 12.4 Å². The topological polar surface area (TPSA) is 48.1 Å². The first kappa shape index (κ1) is 9.98. The summed E-state index contributed by atoms with van der Waals surface area (Å²) in [4.78, 5) is 11.0. The van der Waals surface area contributed by atoms with Crippen LogP contribution in [0.1, 0.15) is 5.56 Å². The van der Waals surface area contributed by atoms with Crippen molar-refractivity contribution in [1.29, 1.82) is 0 Å². The van der Waals surface area contributed by atoms with E-state index in [1.165, 1.54) is 7.11 Å². The molecule has 1 aromatic rings. The number of methoxy groups -OCH3 is 1. The molecular weight excluding hydrogens is 196 g/mol. The van der Waals surface area contributed by atoms with Crippen LogP contribution in [-0.4, -0.2) is 26.0 Å². The molecule has 1 saturated heterocycles. The number of hydrogen-bond acceptors (Lipinski definition) is 4. The molecule has 0 radical (unpaired) electrons. The molecule has 2 rings (SSSR count). The number of benzene rings is 1. The highest BCUT2D eigenvalue weighted by Crippen LogP contribution is 2.19. The third kappa shape index (κ3) is 2.95. The summed E-state index contributed by atoms with van der Waals surface area (Å²) >= 11 is 0. The smallest absolute Gasteiger partial charge is 0.309 e. The van der Waals surface area contributed by atoms with Gasteiger partial charge in [0.15, 0.2) is 0 Å². The fraction of sp³-hybridized carbons (Fsp3) is 0.364. The number of carbonyl (C=O) groups is 1. The van der Waals surface area contributed by atoms with Crippen molar-refractivity contribution in [2.75, 3.05) is 13.7 Å². The van der Waals surface area contributed by atoms with Crippen LogP contribution in [0.15, 0.2) is 24.3 Å². The molecule has 0 spiro atoms. The Morgan fingerprint density at radius 1 is 1.47 bits per heavy atom. The maximum absolute atomic E-state index is 11.0. The Labute approximate surface area is 87.8 Å². The van der Waals surface area contributed by atoms with E-state index >= 15 is 0 Å². The number of epoxide rings is 1. The van der Waals surface area contributed by atoms with Crippen LogP contribution in [0, 0.1) is 0 Å². The number of hydrogen-bond donors (Lipinski definition) is 0. The van der Waals surface area contributed by atoms with Crippen LogP contribution in [0.25, 0.3) is 0 Å². The lowest BCUT2D eigenvalue weighted by molar-refractivity contribution is -0.139. The number of ether oxygens (including phenoxy) is 3. The highest BCUT2D eigenvalue weighted by atomic mass is 16.8. The fourth-order valence-corrected chi connectivity index (χ4v) is 1.18. The normalized spacial score (nSPS) is 18.3. The Morgan fingerprint density at radius 3 is 2.67 bits per heavy atom. The Morgan fingerprint density at radius 2 is 2.13 bits per heavy atom. The first-order valence-corrected chi connectivity index (χ1v) is 4.72. The molecule has 1 aromatic carbocycles. The van der Waals surface area contributed by atoms with Gasteiger partial charge in [-0.2, -0.15) is 0 Å². The van der Waals surface area contributed by atoms with Gasteiger partial charge >= 0.3 is 5.97 Å². The number of esters is 1. The van der Waals surface area contributed by atoms with E-state index in [0.29, 0.717) is 6.61 Å². The van der Waals surface area contributed by atoms with Gasteiger partial charge in [0.2, 0.25) is 6.29 Å². The van der Waals surface area contributed by atoms with E-state index in [2.05, 4.69) is 4.74 Å². The second-order valence-electron chi connectivity index (χ2n) is 3.28. The highest BCUT2D eigenvalue weighted by Gasteiger charge is 2.24. The molecule has 0 amide bonds. The van der Waals surface area contributed by atoms with Crippen LogP contribution in [0.3, 0.4) is 0 Å². The van der Waals surface area contributed by atoms with Crippen LogP contribution in [-0.2, 0) is 20.7 Å². The third-order valence-corrected chi connectivity index (χ3v) is 2.07. The van der Waals surface area contributed by atoms with Crippen molar-refractivity contribution in [2.45, 2.75) is 12.7 Å². The van der Waals surface area contributed by atoms with E-state index in [9.17, 15) is 4.79 Å². The Balaban J connectivity index is 1.93. The van der Waals surface area contributed by atoms with Crippen molar-refractivity contribution in [2.24, 2.45) is 0 Å². The number of carbonyl (C=O) groups excluding carboxylic acids is 1. The first-order chi connectivity index (χ1) is 7.28. The van der Waals surface area contributed by atoms with Crippen molar-refractivity contribution in [3.05, 3.63) is 29.8 Å². The monoisotopic (exact) mass is 208 g/mol. The van der Waals surface area contributed by atoms with Gasteiger partial charge in [-0.1, -0.05) is 12.1 Å². The van der Waals surface area contributed by atoms with Gasteiger partial charge in [0, 0.05) is 0 Å². The Hall–Kier alpha value is -1.55. The lowest BCUT2D eigenvalue weighted by Gasteiger charge is -2.03. The van der Waals surface area contributed by atoms with Crippen molar-refractivity contribution in [1.82, 2.24) is 0 Å².